The molecule has 5 nitrogen and oxygen atoms in total. The molecule has 0 aliphatic heterocycles. The van der Waals surface area contributed by atoms with Crippen molar-refractivity contribution in [1.82, 2.24) is 4.98 Å². The molecule has 2 heterocycles. The highest BCUT2D eigenvalue weighted by Crippen LogP contribution is 2.31. The van der Waals surface area contributed by atoms with Gasteiger partial charge < -0.3 is 14.2 Å². The van der Waals surface area contributed by atoms with E-state index >= 15 is 0 Å². The molecule has 176 valence electrons. The number of carbonyl (C=O) groups excluding carboxylic acids is 1. The van der Waals surface area contributed by atoms with Gasteiger partial charge in [0.25, 0.3) is 5.91 Å². The van der Waals surface area contributed by atoms with Crippen molar-refractivity contribution in [1.29, 1.82) is 0 Å². The molecular formula is C29H25ClN2O3. The molecule has 0 radical (unpaired) electrons. The van der Waals surface area contributed by atoms with E-state index in [2.05, 4.69) is 36.3 Å². The van der Waals surface area contributed by atoms with Gasteiger partial charge in [0.1, 0.15) is 11.3 Å². The number of anilines is 1. The molecule has 1 amide bonds. The topological polar surface area (TPSA) is 68.3 Å². The molecule has 0 spiro atoms. The van der Waals surface area contributed by atoms with E-state index in [0.717, 1.165) is 33.4 Å². The number of carbonyl (C=O) groups is 1. The smallest absolute Gasteiger partial charge is 0.291 e. The van der Waals surface area contributed by atoms with Gasteiger partial charge in [0.15, 0.2) is 11.3 Å². The minimum Gasteiger partial charge on any atom is -0.451 e. The molecule has 0 fully saturated rings. The van der Waals surface area contributed by atoms with E-state index in [1.807, 2.05) is 56.3 Å². The van der Waals surface area contributed by atoms with E-state index < -0.39 is 0 Å². The van der Waals surface area contributed by atoms with Crippen LogP contribution >= 0.6 is 11.6 Å². The predicted molar refractivity (Wildman–Crippen MR) is 140 cm³/mol. The lowest BCUT2D eigenvalue weighted by molar-refractivity contribution is 0.0997. The number of hydrogen-bond donors (Lipinski definition) is 1. The van der Waals surface area contributed by atoms with Crippen molar-refractivity contribution in [3.63, 3.8) is 0 Å². The number of benzene rings is 3. The Bertz CT molecular complexity index is 1560. The summed E-state index contributed by atoms with van der Waals surface area (Å²) < 4.78 is 11.8. The van der Waals surface area contributed by atoms with Crippen LogP contribution in [0.15, 0.2) is 75.6 Å². The Balaban J connectivity index is 1.40. The summed E-state index contributed by atoms with van der Waals surface area (Å²) in [7, 11) is 0. The van der Waals surface area contributed by atoms with Crippen molar-refractivity contribution in [3.05, 3.63) is 94.2 Å². The van der Waals surface area contributed by atoms with Crippen LogP contribution in [0.5, 0.6) is 0 Å². The Labute approximate surface area is 208 Å². The average Bonchev–Trinajstić information content (AvgIpc) is 3.49. The third kappa shape index (κ3) is 4.60. The van der Waals surface area contributed by atoms with E-state index in [1.54, 1.807) is 12.1 Å². The van der Waals surface area contributed by atoms with Crippen LogP contribution in [0, 0.1) is 13.8 Å². The first-order valence-corrected chi connectivity index (χ1v) is 11.9. The summed E-state index contributed by atoms with van der Waals surface area (Å²) in [6.07, 6.45) is 0. The van der Waals surface area contributed by atoms with Crippen LogP contribution in [-0.4, -0.2) is 10.9 Å². The fourth-order valence-electron chi connectivity index (χ4n) is 3.86. The fourth-order valence-corrected chi connectivity index (χ4v) is 4.04. The Kier molecular flexibility index (Phi) is 5.95. The number of amides is 1. The molecule has 0 aliphatic carbocycles. The highest BCUT2D eigenvalue weighted by atomic mass is 35.5. The standard InChI is InChI=1S/C29H25ClN2O3/c1-16(2)19-9-10-26-24(14-19)32-29(35-26)21-8-6-18(4)23(15-21)31-28(33)27-12-11-25(34-27)20-7-5-17(3)22(30)13-20/h5-16H,1-4H3,(H,31,33). The third-order valence-electron chi connectivity index (χ3n) is 6.10. The van der Waals surface area contributed by atoms with Gasteiger partial charge in [-0.1, -0.05) is 49.7 Å². The van der Waals surface area contributed by atoms with E-state index in [0.29, 0.717) is 28.3 Å². The van der Waals surface area contributed by atoms with Gasteiger partial charge >= 0.3 is 0 Å². The number of furan rings is 1. The molecule has 1 N–H and O–H groups in total. The number of nitrogens with one attached hydrogen (secondary N) is 1. The summed E-state index contributed by atoms with van der Waals surface area (Å²) in [5, 5.41) is 3.60. The van der Waals surface area contributed by atoms with E-state index in [9.17, 15) is 4.79 Å². The summed E-state index contributed by atoms with van der Waals surface area (Å²) in [5.74, 6) is 1.37. The maximum atomic E-state index is 13.0. The maximum absolute atomic E-state index is 13.0. The molecule has 0 saturated carbocycles. The zero-order valence-corrected chi connectivity index (χ0v) is 20.7. The van der Waals surface area contributed by atoms with Gasteiger partial charge in [0.2, 0.25) is 5.89 Å². The molecule has 2 aromatic heterocycles. The van der Waals surface area contributed by atoms with Gasteiger partial charge in [0, 0.05) is 21.8 Å². The Morgan fingerprint density at radius 1 is 0.886 bits per heavy atom. The van der Waals surface area contributed by atoms with Gasteiger partial charge in [0.05, 0.1) is 0 Å². The first-order chi connectivity index (χ1) is 16.8. The minimum atomic E-state index is -0.339. The van der Waals surface area contributed by atoms with Crippen LogP contribution < -0.4 is 5.32 Å². The number of fused-ring (bicyclic) bond motifs is 1. The number of aryl methyl sites for hydroxylation is 2. The number of hydrogen-bond acceptors (Lipinski definition) is 4. The number of oxazole rings is 1. The molecule has 6 heteroatoms. The highest BCUT2D eigenvalue weighted by Gasteiger charge is 2.16. The summed E-state index contributed by atoms with van der Waals surface area (Å²) in [6, 6.07) is 20.9. The molecular weight excluding hydrogens is 460 g/mol. The molecule has 5 aromatic rings. The summed E-state index contributed by atoms with van der Waals surface area (Å²) >= 11 is 6.24. The first kappa shape index (κ1) is 22.9. The Morgan fingerprint density at radius 3 is 2.43 bits per heavy atom. The van der Waals surface area contributed by atoms with Crippen LogP contribution in [0.4, 0.5) is 5.69 Å². The molecule has 5 rings (SSSR count). The molecule has 0 unspecified atom stereocenters. The second kappa shape index (κ2) is 9.08. The van der Waals surface area contributed by atoms with Crippen LogP contribution in [-0.2, 0) is 0 Å². The van der Waals surface area contributed by atoms with Crippen molar-refractivity contribution >= 4 is 34.3 Å². The highest BCUT2D eigenvalue weighted by molar-refractivity contribution is 6.31. The van der Waals surface area contributed by atoms with Crippen LogP contribution in [0.25, 0.3) is 33.9 Å². The zero-order valence-electron chi connectivity index (χ0n) is 20.0. The number of nitrogens with zero attached hydrogens (tertiary/aromatic N) is 1. The fraction of sp³-hybridized carbons (Fsp3) is 0.172. The number of halogens is 1. The van der Waals surface area contributed by atoms with Crippen molar-refractivity contribution in [2.75, 3.05) is 5.32 Å². The van der Waals surface area contributed by atoms with Crippen molar-refractivity contribution < 1.29 is 13.6 Å². The quantitative estimate of drug-likeness (QED) is 0.272. The van der Waals surface area contributed by atoms with Crippen molar-refractivity contribution in [2.45, 2.75) is 33.6 Å². The van der Waals surface area contributed by atoms with Gasteiger partial charge in [-0.3, -0.25) is 4.79 Å². The molecule has 0 bridgehead atoms. The third-order valence-corrected chi connectivity index (χ3v) is 6.50. The van der Waals surface area contributed by atoms with Crippen molar-refractivity contribution in [2.24, 2.45) is 0 Å². The normalized spacial score (nSPS) is 11.4. The zero-order chi connectivity index (χ0) is 24.7. The molecule has 35 heavy (non-hydrogen) atoms. The molecule has 0 aliphatic rings. The second-order valence-electron chi connectivity index (χ2n) is 9.01. The average molecular weight is 485 g/mol. The largest absolute Gasteiger partial charge is 0.451 e. The summed E-state index contributed by atoms with van der Waals surface area (Å²) in [5.41, 5.74) is 6.91. The minimum absolute atomic E-state index is 0.213. The van der Waals surface area contributed by atoms with E-state index in [-0.39, 0.29) is 11.7 Å². The lowest BCUT2D eigenvalue weighted by Gasteiger charge is -2.08. The molecule has 3 aromatic carbocycles. The maximum Gasteiger partial charge on any atom is 0.291 e. The van der Waals surface area contributed by atoms with Gasteiger partial charge in [-0.2, -0.15) is 0 Å². The Morgan fingerprint density at radius 2 is 1.66 bits per heavy atom. The van der Waals surface area contributed by atoms with E-state index in [1.165, 1.54) is 5.56 Å². The molecule has 0 saturated heterocycles. The van der Waals surface area contributed by atoms with Gasteiger partial charge in [-0.05, 0) is 78.9 Å². The van der Waals surface area contributed by atoms with Crippen molar-refractivity contribution in [3.8, 4) is 22.8 Å². The SMILES string of the molecule is Cc1ccc(-c2ccc(C(=O)Nc3cc(-c4nc5cc(C(C)C)ccc5o4)ccc3C)o2)cc1Cl. The Hall–Kier alpha value is -3.83. The van der Waals surface area contributed by atoms with Crippen LogP contribution in [0.2, 0.25) is 5.02 Å². The summed E-state index contributed by atoms with van der Waals surface area (Å²) in [6.45, 7) is 8.17. The summed E-state index contributed by atoms with van der Waals surface area (Å²) in [4.78, 5) is 17.6. The number of rotatable bonds is 5. The van der Waals surface area contributed by atoms with Crippen LogP contribution in [0.3, 0.4) is 0 Å². The van der Waals surface area contributed by atoms with Gasteiger partial charge in [-0.25, -0.2) is 4.98 Å². The monoisotopic (exact) mass is 484 g/mol. The molecule has 0 atom stereocenters. The van der Waals surface area contributed by atoms with Crippen LogP contribution in [0.1, 0.15) is 47.0 Å². The first-order valence-electron chi connectivity index (χ1n) is 11.5. The number of aromatic nitrogens is 1. The van der Waals surface area contributed by atoms with Gasteiger partial charge in [-0.15, -0.1) is 0 Å². The van der Waals surface area contributed by atoms with E-state index in [4.69, 9.17) is 20.4 Å². The lowest BCUT2D eigenvalue weighted by atomic mass is 10.0. The predicted octanol–water partition coefficient (Wildman–Crippen LogP) is 8.40. The lowest BCUT2D eigenvalue weighted by Crippen LogP contribution is -2.11. The second-order valence-corrected chi connectivity index (χ2v) is 9.42.